The van der Waals surface area contributed by atoms with Crippen LogP contribution in [0.4, 0.5) is 0 Å². The van der Waals surface area contributed by atoms with Crippen LogP contribution in [-0.4, -0.2) is 29.8 Å². The lowest BCUT2D eigenvalue weighted by molar-refractivity contribution is 0.0729. The average molecular weight is 282 g/mol. The molecule has 1 aliphatic heterocycles. The van der Waals surface area contributed by atoms with Gasteiger partial charge in [-0.05, 0) is 43.4 Å². The number of ether oxygens (including phenoxy) is 1. The molecule has 0 spiro atoms. The molecule has 1 heterocycles. The number of phenolic OH excluding ortho intramolecular Hbond substituents is 1. The van der Waals surface area contributed by atoms with Gasteiger partial charge in [-0.2, -0.15) is 0 Å². The standard InChI is InChI=1S/C14H16ClNO3/c15-10-7-9(3-4-12(10)17)14(18)16-11-5-6-19-13(11)8-1-2-8/h3-4,7-8,11,13,17H,1-2,5-6H2,(H,16,18). The van der Waals surface area contributed by atoms with Crippen LogP contribution in [0, 0.1) is 5.92 Å². The fraction of sp³-hybridized carbons (Fsp3) is 0.500. The lowest BCUT2D eigenvalue weighted by atomic mass is 10.1. The van der Waals surface area contributed by atoms with E-state index in [0.29, 0.717) is 18.1 Å². The predicted octanol–water partition coefficient (Wildman–Crippen LogP) is 2.34. The molecule has 0 bridgehead atoms. The van der Waals surface area contributed by atoms with Gasteiger partial charge in [0.15, 0.2) is 0 Å². The Balaban J connectivity index is 1.68. The number of amides is 1. The molecule has 1 saturated heterocycles. The molecule has 2 atom stereocenters. The highest BCUT2D eigenvalue weighted by molar-refractivity contribution is 6.32. The lowest BCUT2D eigenvalue weighted by Crippen LogP contribution is -2.41. The van der Waals surface area contributed by atoms with Crippen molar-refractivity contribution in [2.24, 2.45) is 5.92 Å². The number of hydrogen-bond acceptors (Lipinski definition) is 3. The molecule has 1 aromatic rings. The third kappa shape index (κ3) is 2.69. The van der Waals surface area contributed by atoms with Gasteiger partial charge < -0.3 is 15.2 Å². The molecule has 2 N–H and O–H groups in total. The van der Waals surface area contributed by atoms with Crippen molar-refractivity contribution in [3.05, 3.63) is 28.8 Å². The molecular weight excluding hydrogens is 266 g/mol. The molecule has 1 aromatic carbocycles. The van der Waals surface area contributed by atoms with Crippen molar-refractivity contribution in [2.75, 3.05) is 6.61 Å². The second-order valence-corrected chi connectivity index (χ2v) is 5.61. The zero-order chi connectivity index (χ0) is 13.4. The van der Waals surface area contributed by atoms with E-state index in [1.165, 1.54) is 25.0 Å². The van der Waals surface area contributed by atoms with Gasteiger partial charge in [-0.15, -0.1) is 0 Å². The summed E-state index contributed by atoms with van der Waals surface area (Å²) in [4.78, 5) is 12.1. The summed E-state index contributed by atoms with van der Waals surface area (Å²) in [5, 5.41) is 12.5. The smallest absolute Gasteiger partial charge is 0.251 e. The van der Waals surface area contributed by atoms with Crippen LogP contribution in [-0.2, 0) is 4.74 Å². The molecule has 2 unspecified atom stereocenters. The highest BCUT2D eigenvalue weighted by Crippen LogP contribution is 2.38. The third-order valence-electron chi connectivity index (χ3n) is 3.75. The minimum atomic E-state index is -0.164. The second kappa shape index (κ2) is 5.02. The van der Waals surface area contributed by atoms with Crippen molar-refractivity contribution in [1.29, 1.82) is 0 Å². The molecule has 4 nitrogen and oxygen atoms in total. The molecule has 0 radical (unpaired) electrons. The topological polar surface area (TPSA) is 58.6 Å². The van der Waals surface area contributed by atoms with Gasteiger partial charge in [-0.25, -0.2) is 0 Å². The maximum Gasteiger partial charge on any atom is 0.251 e. The van der Waals surface area contributed by atoms with Crippen molar-refractivity contribution in [2.45, 2.75) is 31.4 Å². The van der Waals surface area contributed by atoms with E-state index in [0.717, 1.165) is 6.42 Å². The van der Waals surface area contributed by atoms with Crippen LogP contribution in [0.5, 0.6) is 5.75 Å². The van der Waals surface area contributed by atoms with E-state index in [1.807, 2.05) is 0 Å². The number of hydrogen-bond donors (Lipinski definition) is 2. The number of phenols is 1. The maximum absolute atomic E-state index is 12.1. The number of carbonyl (C=O) groups excluding carboxylic acids is 1. The zero-order valence-electron chi connectivity index (χ0n) is 10.4. The van der Waals surface area contributed by atoms with Crippen molar-refractivity contribution >= 4 is 17.5 Å². The van der Waals surface area contributed by atoms with E-state index in [9.17, 15) is 9.90 Å². The van der Waals surface area contributed by atoms with Gasteiger partial charge in [0, 0.05) is 12.2 Å². The highest BCUT2D eigenvalue weighted by Gasteiger charge is 2.41. The molecule has 5 heteroatoms. The number of carbonyl (C=O) groups is 1. The first-order chi connectivity index (χ1) is 9.15. The van der Waals surface area contributed by atoms with Crippen LogP contribution in [0.1, 0.15) is 29.6 Å². The monoisotopic (exact) mass is 281 g/mol. The number of benzene rings is 1. The first kappa shape index (κ1) is 12.8. The van der Waals surface area contributed by atoms with Gasteiger partial charge in [-0.3, -0.25) is 4.79 Å². The Morgan fingerprint density at radius 1 is 1.37 bits per heavy atom. The van der Waals surface area contributed by atoms with E-state index < -0.39 is 0 Å². The van der Waals surface area contributed by atoms with Crippen LogP contribution in [0.25, 0.3) is 0 Å². The minimum Gasteiger partial charge on any atom is -0.506 e. The van der Waals surface area contributed by atoms with Gasteiger partial charge in [-0.1, -0.05) is 11.6 Å². The first-order valence-corrected chi connectivity index (χ1v) is 6.94. The highest BCUT2D eigenvalue weighted by atomic mass is 35.5. The molecule has 102 valence electrons. The molecule has 1 amide bonds. The fourth-order valence-electron chi connectivity index (χ4n) is 2.56. The fourth-order valence-corrected chi connectivity index (χ4v) is 2.74. The summed E-state index contributed by atoms with van der Waals surface area (Å²) in [7, 11) is 0. The Hall–Kier alpha value is -1.26. The molecule has 1 aliphatic carbocycles. The largest absolute Gasteiger partial charge is 0.506 e. The second-order valence-electron chi connectivity index (χ2n) is 5.21. The number of aromatic hydroxyl groups is 1. The number of nitrogens with one attached hydrogen (secondary N) is 1. The predicted molar refractivity (Wildman–Crippen MR) is 71.5 cm³/mol. The summed E-state index contributed by atoms with van der Waals surface area (Å²) >= 11 is 5.81. The van der Waals surface area contributed by atoms with Crippen LogP contribution in [0.15, 0.2) is 18.2 Å². The number of halogens is 1. The Labute approximate surface area is 116 Å². The van der Waals surface area contributed by atoms with Crippen LogP contribution in [0.3, 0.4) is 0 Å². The molecule has 2 aliphatic rings. The van der Waals surface area contributed by atoms with E-state index >= 15 is 0 Å². The zero-order valence-corrected chi connectivity index (χ0v) is 11.2. The summed E-state index contributed by atoms with van der Waals surface area (Å²) in [5.74, 6) is 0.428. The van der Waals surface area contributed by atoms with E-state index in [2.05, 4.69) is 5.32 Å². The normalized spacial score (nSPS) is 26.4. The number of rotatable bonds is 3. The quantitative estimate of drug-likeness (QED) is 0.894. The van der Waals surface area contributed by atoms with Crippen LogP contribution < -0.4 is 5.32 Å². The van der Waals surface area contributed by atoms with Gasteiger partial charge in [0.1, 0.15) is 5.75 Å². The van der Waals surface area contributed by atoms with E-state index in [-0.39, 0.29) is 28.8 Å². The Morgan fingerprint density at radius 3 is 2.84 bits per heavy atom. The van der Waals surface area contributed by atoms with Gasteiger partial charge in [0.25, 0.3) is 5.91 Å². The SMILES string of the molecule is O=C(NC1CCOC1C1CC1)c1ccc(O)c(Cl)c1. The summed E-state index contributed by atoms with van der Waals surface area (Å²) in [6.45, 7) is 0.711. The van der Waals surface area contributed by atoms with Crippen molar-refractivity contribution in [3.8, 4) is 5.75 Å². The molecular formula is C14H16ClNO3. The molecule has 0 aromatic heterocycles. The van der Waals surface area contributed by atoms with E-state index in [1.54, 1.807) is 6.07 Å². The van der Waals surface area contributed by atoms with E-state index in [4.69, 9.17) is 16.3 Å². The van der Waals surface area contributed by atoms with Crippen molar-refractivity contribution < 1.29 is 14.6 Å². The Bertz CT molecular complexity index is 501. The third-order valence-corrected chi connectivity index (χ3v) is 4.05. The average Bonchev–Trinajstić information content (AvgIpc) is 3.13. The molecule has 3 rings (SSSR count). The summed E-state index contributed by atoms with van der Waals surface area (Å²) in [6, 6.07) is 4.57. The van der Waals surface area contributed by atoms with Gasteiger partial charge in [0.2, 0.25) is 0 Å². The van der Waals surface area contributed by atoms with Crippen molar-refractivity contribution in [1.82, 2.24) is 5.32 Å². The Kier molecular flexibility index (Phi) is 3.37. The maximum atomic E-state index is 12.1. The first-order valence-electron chi connectivity index (χ1n) is 6.56. The van der Waals surface area contributed by atoms with Crippen LogP contribution in [0.2, 0.25) is 5.02 Å². The summed E-state index contributed by atoms with van der Waals surface area (Å²) < 4.78 is 5.69. The Morgan fingerprint density at radius 2 is 2.16 bits per heavy atom. The van der Waals surface area contributed by atoms with Gasteiger partial charge >= 0.3 is 0 Å². The minimum absolute atomic E-state index is 0.0155. The van der Waals surface area contributed by atoms with Crippen molar-refractivity contribution in [3.63, 3.8) is 0 Å². The molecule has 1 saturated carbocycles. The lowest BCUT2D eigenvalue weighted by Gasteiger charge is -2.19. The van der Waals surface area contributed by atoms with Crippen LogP contribution >= 0.6 is 11.6 Å². The van der Waals surface area contributed by atoms with Gasteiger partial charge in [0.05, 0.1) is 17.2 Å². The summed E-state index contributed by atoms with van der Waals surface area (Å²) in [5.41, 5.74) is 0.462. The summed E-state index contributed by atoms with van der Waals surface area (Å²) in [6.07, 6.45) is 3.42. The molecule has 19 heavy (non-hydrogen) atoms. The molecule has 2 fully saturated rings.